The molecule has 1 rings (SSSR count). The number of sulfonamides is 1. The van der Waals surface area contributed by atoms with Gasteiger partial charge in [0.25, 0.3) is 0 Å². The Balaban J connectivity index is 3.09. The quantitative estimate of drug-likeness (QED) is 0.728. The Bertz CT molecular complexity index is 719. The zero-order valence-corrected chi connectivity index (χ0v) is 13.9. The summed E-state index contributed by atoms with van der Waals surface area (Å²) >= 11 is 2.98. The molecule has 20 heavy (non-hydrogen) atoms. The van der Waals surface area contributed by atoms with E-state index in [-0.39, 0.29) is 15.9 Å². The normalized spacial score (nSPS) is 14.2. The second-order valence-electron chi connectivity index (χ2n) is 4.42. The molecule has 0 fully saturated rings. The molecule has 3 N–H and O–H groups in total. The second kappa shape index (κ2) is 5.96. The van der Waals surface area contributed by atoms with Gasteiger partial charge in [-0.05, 0) is 35.0 Å². The van der Waals surface area contributed by atoms with Crippen molar-refractivity contribution in [3.05, 3.63) is 22.4 Å². The minimum absolute atomic E-state index is 0.0579. The van der Waals surface area contributed by atoms with Gasteiger partial charge in [-0.15, -0.1) is 0 Å². The SMILES string of the molecule is CC(CS(C)(=O)=O)NS(=O)(=O)c1cc(N)c(Br)cc1F. The average molecular weight is 389 g/mol. The molecule has 0 heterocycles. The third-order valence-corrected chi connectivity index (χ3v) is 5.65. The van der Waals surface area contributed by atoms with Gasteiger partial charge in [0.15, 0.2) is 0 Å². The van der Waals surface area contributed by atoms with Crippen LogP contribution in [0.25, 0.3) is 0 Å². The molecule has 0 spiro atoms. The van der Waals surface area contributed by atoms with E-state index in [0.717, 1.165) is 18.4 Å². The molecular weight excluding hydrogens is 375 g/mol. The Morgan fingerprint density at radius 3 is 2.40 bits per heavy atom. The van der Waals surface area contributed by atoms with Crippen LogP contribution in [0.3, 0.4) is 0 Å². The summed E-state index contributed by atoms with van der Waals surface area (Å²) in [5.74, 6) is -1.37. The van der Waals surface area contributed by atoms with E-state index < -0.39 is 36.6 Å². The third kappa shape index (κ3) is 4.69. The van der Waals surface area contributed by atoms with Crippen molar-refractivity contribution in [3.63, 3.8) is 0 Å². The molecule has 10 heteroatoms. The topological polar surface area (TPSA) is 106 Å². The highest BCUT2D eigenvalue weighted by molar-refractivity contribution is 9.10. The highest BCUT2D eigenvalue weighted by Crippen LogP contribution is 2.26. The lowest BCUT2D eigenvalue weighted by Gasteiger charge is -2.14. The summed E-state index contributed by atoms with van der Waals surface area (Å²) < 4.78 is 62.2. The van der Waals surface area contributed by atoms with Crippen LogP contribution in [-0.4, -0.2) is 34.9 Å². The first kappa shape index (κ1) is 17.3. The van der Waals surface area contributed by atoms with Gasteiger partial charge in [0.1, 0.15) is 20.5 Å². The molecule has 1 unspecified atom stereocenters. The fraction of sp³-hybridized carbons (Fsp3) is 0.400. The van der Waals surface area contributed by atoms with Gasteiger partial charge in [-0.25, -0.2) is 25.9 Å². The highest BCUT2D eigenvalue weighted by Gasteiger charge is 2.24. The van der Waals surface area contributed by atoms with Crippen LogP contribution in [0.1, 0.15) is 6.92 Å². The molecule has 114 valence electrons. The van der Waals surface area contributed by atoms with E-state index in [4.69, 9.17) is 5.73 Å². The van der Waals surface area contributed by atoms with Crippen molar-refractivity contribution in [2.75, 3.05) is 17.7 Å². The van der Waals surface area contributed by atoms with Gasteiger partial charge < -0.3 is 5.73 Å². The fourth-order valence-corrected chi connectivity index (χ4v) is 4.32. The van der Waals surface area contributed by atoms with Crippen LogP contribution in [0.15, 0.2) is 21.5 Å². The van der Waals surface area contributed by atoms with Gasteiger partial charge in [-0.2, -0.15) is 0 Å². The summed E-state index contributed by atoms with van der Waals surface area (Å²) in [5, 5.41) is 0. The van der Waals surface area contributed by atoms with E-state index in [1.165, 1.54) is 6.92 Å². The van der Waals surface area contributed by atoms with Gasteiger partial charge in [0, 0.05) is 22.5 Å². The first-order valence-electron chi connectivity index (χ1n) is 5.37. The maximum absolute atomic E-state index is 13.7. The van der Waals surface area contributed by atoms with Gasteiger partial charge in [0.05, 0.1) is 5.75 Å². The number of benzene rings is 1. The first-order valence-corrected chi connectivity index (χ1v) is 9.70. The predicted octanol–water partition coefficient (Wildman–Crippen LogP) is 0.882. The Morgan fingerprint density at radius 2 is 1.90 bits per heavy atom. The fourth-order valence-electron chi connectivity index (χ4n) is 1.57. The summed E-state index contributed by atoms with van der Waals surface area (Å²) in [6, 6.07) is 1.01. The van der Waals surface area contributed by atoms with E-state index >= 15 is 0 Å². The number of nitrogens with one attached hydrogen (secondary N) is 1. The number of hydrogen-bond donors (Lipinski definition) is 2. The van der Waals surface area contributed by atoms with Crippen LogP contribution in [0.4, 0.5) is 10.1 Å². The molecule has 0 aliphatic carbocycles. The van der Waals surface area contributed by atoms with E-state index in [1.807, 2.05) is 0 Å². The molecular formula is C10H14BrFN2O4S2. The maximum atomic E-state index is 13.7. The van der Waals surface area contributed by atoms with E-state index in [1.54, 1.807) is 0 Å². The number of halogens is 2. The Morgan fingerprint density at radius 1 is 1.35 bits per heavy atom. The number of rotatable bonds is 5. The number of hydrogen-bond acceptors (Lipinski definition) is 5. The van der Waals surface area contributed by atoms with Crippen molar-refractivity contribution in [2.45, 2.75) is 17.9 Å². The largest absolute Gasteiger partial charge is 0.398 e. The monoisotopic (exact) mass is 388 g/mol. The van der Waals surface area contributed by atoms with Crippen molar-refractivity contribution in [1.82, 2.24) is 4.72 Å². The zero-order valence-electron chi connectivity index (χ0n) is 10.7. The highest BCUT2D eigenvalue weighted by atomic mass is 79.9. The molecule has 0 saturated carbocycles. The molecule has 0 aliphatic heterocycles. The molecule has 0 amide bonds. The van der Waals surface area contributed by atoms with Crippen LogP contribution in [-0.2, 0) is 19.9 Å². The van der Waals surface area contributed by atoms with Crippen LogP contribution < -0.4 is 10.5 Å². The Hall–Kier alpha value is -0.710. The van der Waals surface area contributed by atoms with Gasteiger partial charge in [-0.1, -0.05) is 0 Å². The zero-order chi connectivity index (χ0) is 15.7. The molecule has 0 bridgehead atoms. The van der Waals surface area contributed by atoms with Gasteiger partial charge >= 0.3 is 0 Å². The number of nitrogens with two attached hydrogens (primary N) is 1. The summed E-state index contributed by atoms with van der Waals surface area (Å²) in [6.45, 7) is 1.37. The average Bonchev–Trinajstić information content (AvgIpc) is 2.19. The van der Waals surface area contributed by atoms with Crippen molar-refractivity contribution in [2.24, 2.45) is 0 Å². The summed E-state index contributed by atoms with van der Waals surface area (Å²) in [6.07, 6.45) is 0.982. The minimum Gasteiger partial charge on any atom is -0.398 e. The lowest BCUT2D eigenvalue weighted by molar-refractivity contribution is 0.547. The molecule has 0 aromatic heterocycles. The van der Waals surface area contributed by atoms with Crippen molar-refractivity contribution in [3.8, 4) is 0 Å². The summed E-state index contributed by atoms with van der Waals surface area (Å²) in [7, 11) is -7.55. The van der Waals surface area contributed by atoms with Crippen LogP contribution >= 0.6 is 15.9 Å². The Kier molecular flexibility index (Phi) is 5.17. The summed E-state index contributed by atoms with van der Waals surface area (Å²) in [4.78, 5) is -0.626. The smallest absolute Gasteiger partial charge is 0.243 e. The summed E-state index contributed by atoms with van der Waals surface area (Å²) in [5.41, 5.74) is 5.58. The van der Waals surface area contributed by atoms with E-state index in [0.29, 0.717) is 0 Å². The first-order chi connectivity index (χ1) is 8.92. The van der Waals surface area contributed by atoms with Crippen molar-refractivity contribution in [1.29, 1.82) is 0 Å². The van der Waals surface area contributed by atoms with Crippen LogP contribution in [0, 0.1) is 5.82 Å². The molecule has 0 radical (unpaired) electrons. The second-order valence-corrected chi connectivity index (χ2v) is 9.14. The number of anilines is 1. The lowest BCUT2D eigenvalue weighted by atomic mass is 10.3. The number of nitrogen functional groups attached to an aromatic ring is 1. The van der Waals surface area contributed by atoms with Gasteiger partial charge in [0.2, 0.25) is 10.0 Å². The molecule has 1 aromatic rings. The van der Waals surface area contributed by atoms with E-state index in [9.17, 15) is 21.2 Å². The molecule has 1 aromatic carbocycles. The van der Waals surface area contributed by atoms with Crippen LogP contribution in [0.5, 0.6) is 0 Å². The standard InChI is InChI=1S/C10H14BrFN2O4S2/c1-6(5-19(2,15)16)14-20(17,18)10-4-9(13)7(11)3-8(10)12/h3-4,6,14H,5,13H2,1-2H3. The molecule has 0 aliphatic rings. The van der Waals surface area contributed by atoms with Gasteiger partial charge in [-0.3, -0.25) is 0 Å². The Labute approximate surface area is 125 Å². The molecule has 6 nitrogen and oxygen atoms in total. The number of sulfone groups is 1. The minimum atomic E-state index is -4.19. The van der Waals surface area contributed by atoms with Crippen LogP contribution in [0.2, 0.25) is 0 Å². The third-order valence-electron chi connectivity index (χ3n) is 2.25. The lowest BCUT2D eigenvalue weighted by Crippen LogP contribution is -2.37. The predicted molar refractivity (Wildman–Crippen MR) is 78.0 cm³/mol. The van der Waals surface area contributed by atoms with E-state index in [2.05, 4.69) is 20.7 Å². The van der Waals surface area contributed by atoms with Crippen molar-refractivity contribution < 1.29 is 21.2 Å². The maximum Gasteiger partial charge on any atom is 0.243 e. The van der Waals surface area contributed by atoms with Crippen molar-refractivity contribution >= 4 is 41.5 Å². The molecule has 1 atom stereocenters. The molecule has 0 saturated heterocycles.